The Morgan fingerprint density at radius 2 is 1.84 bits per heavy atom. The summed E-state index contributed by atoms with van der Waals surface area (Å²) in [6.45, 7) is 6.05. The Morgan fingerprint density at radius 1 is 1.16 bits per heavy atom. The molecule has 2 aromatic heterocycles. The molecule has 100 valence electrons. The Bertz CT molecular complexity index is 534. The van der Waals surface area contributed by atoms with E-state index in [0.717, 1.165) is 27.1 Å². The minimum absolute atomic E-state index is 0.261. The molecule has 0 spiro atoms. The number of nitrogens with one attached hydrogen (secondary N) is 1. The van der Waals surface area contributed by atoms with Crippen LogP contribution in [0.4, 0.5) is 0 Å². The molecule has 0 radical (unpaired) electrons. The zero-order valence-electron chi connectivity index (χ0n) is 11.6. The fourth-order valence-electron chi connectivity index (χ4n) is 1.70. The highest BCUT2D eigenvalue weighted by atomic mass is 32.2. The number of aromatic nitrogens is 3. The maximum absolute atomic E-state index is 4.45. The lowest BCUT2D eigenvalue weighted by Crippen LogP contribution is -2.13. The normalized spacial score (nSPS) is 12.4. The molecule has 0 aliphatic heterocycles. The van der Waals surface area contributed by atoms with Gasteiger partial charge in [0.05, 0.1) is 5.69 Å². The van der Waals surface area contributed by atoms with Crippen LogP contribution < -0.4 is 5.32 Å². The number of hydrogen-bond donors (Lipinski definition) is 1. The van der Waals surface area contributed by atoms with Gasteiger partial charge in [-0.25, -0.2) is 9.97 Å². The zero-order chi connectivity index (χ0) is 13.8. The number of hydrogen-bond acceptors (Lipinski definition) is 5. The van der Waals surface area contributed by atoms with E-state index in [0.29, 0.717) is 0 Å². The summed E-state index contributed by atoms with van der Waals surface area (Å²) in [6.07, 6.45) is 1.87. The van der Waals surface area contributed by atoms with Crippen molar-refractivity contribution in [3.8, 4) is 0 Å². The maximum Gasteiger partial charge on any atom is 0.192 e. The summed E-state index contributed by atoms with van der Waals surface area (Å²) in [5, 5.41) is 3.94. The highest BCUT2D eigenvalue weighted by Gasteiger charge is 2.06. The van der Waals surface area contributed by atoms with Crippen LogP contribution >= 0.6 is 11.8 Å². The van der Waals surface area contributed by atoms with E-state index < -0.39 is 0 Å². The maximum atomic E-state index is 4.45. The number of pyridine rings is 1. The molecule has 2 heterocycles. The molecular formula is C14H18N4S. The predicted octanol–water partition coefficient (Wildman–Crippen LogP) is 2.92. The molecule has 5 heteroatoms. The molecule has 0 saturated carbocycles. The molecule has 0 saturated heterocycles. The Labute approximate surface area is 118 Å². The molecule has 0 aliphatic rings. The second-order valence-electron chi connectivity index (χ2n) is 4.46. The molecule has 0 aromatic carbocycles. The molecule has 1 unspecified atom stereocenters. The van der Waals surface area contributed by atoms with Crippen LogP contribution in [-0.4, -0.2) is 22.0 Å². The van der Waals surface area contributed by atoms with Crippen molar-refractivity contribution in [1.29, 1.82) is 0 Å². The summed E-state index contributed by atoms with van der Waals surface area (Å²) in [6, 6.07) is 6.32. The topological polar surface area (TPSA) is 50.7 Å². The van der Waals surface area contributed by atoms with Gasteiger partial charge in [-0.3, -0.25) is 4.98 Å². The van der Waals surface area contributed by atoms with Crippen LogP contribution in [-0.2, 0) is 0 Å². The lowest BCUT2D eigenvalue weighted by molar-refractivity contribution is 0.631. The Hall–Kier alpha value is -1.46. The Morgan fingerprint density at radius 3 is 2.37 bits per heavy atom. The fraction of sp³-hybridized carbons (Fsp3) is 0.357. The van der Waals surface area contributed by atoms with Gasteiger partial charge in [-0.15, -0.1) is 0 Å². The van der Waals surface area contributed by atoms with Crippen LogP contribution in [0.2, 0.25) is 0 Å². The predicted molar refractivity (Wildman–Crippen MR) is 77.3 cm³/mol. The van der Waals surface area contributed by atoms with Crippen LogP contribution in [0.25, 0.3) is 0 Å². The molecule has 0 amide bonds. The van der Waals surface area contributed by atoms with Crippen molar-refractivity contribution in [1.82, 2.24) is 20.3 Å². The fourth-order valence-corrected chi connectivity index (χ4v) is 2.53. The molecular weight excluding hydrogens is 256 g/mol. The molecule has 1 atom stereocenters. The van der Waals surface area contributed by atoms with Gasteiger partial charge in [0.25, 0.3) is 0 Å². The van der Waals surface area contributed by atoms with Crippen LogP contribution in [0.1, 0.15) is 30.0 Å². The van der Waals surface area contributed by atoms with E-state index in [2.05, 4.69) is 33.3 Å². The molecule has 0 bridgehead atoms. The van der Waals surface area contributed by atoms with Crippen molar-refractivity contribution in [2.24, 2.45) is 0 Å². The molecule has 0 fully saturated rings. The van der Waals surface area contributed by atoms with Gasteiger partial charge in [0.1, 0.15) is 0 Å². The summed E-state index contributed by atoms with van der Waals surface area (Å²) in [5.41, 5.74) is 3.01. The van der Waals surface area contributed by atoms with Gasteiger partial charge in [0, 0.05) is 28.5 Å². The third-order valence-electron chi connectivity index (χ3n) is 2.81. The average Bonchev–Trinajstić information content (AvgIpc) is 2.37. The first-order valence-corrected chi connectivity index (χ1v) is 7.03. The molecule has 2 aromatic rings. The van der Waals surface area contributed by atoms with Crippen molar-refractivity contribution < 1.29 is 0 Å². The summed E-state index contributed by atoms with van der Waals surface area (Å²) >= 11 is 1.54. The second kappa shape index (κ2) is 6.12. The van der Waals surface area contributed by atoms with Crippen molar-refractivity contribution in [3.63, 3.8) is 0 Å². The van der Waals surface area contributed by atoms with Crippen LogP contribution in [0, 0.1) is 13.8 Å². The average molecular weight is 274 g/mol. The molecule has 19 heavy (non-hydrogen) atoms. The van der Waals surface area contributed by atoms with Gasteiger partial charge in [0.15, 0.2) is 5.16 Å². The third kappa shape index (κ3) is 3.75. The van der Waals surface area contributed by atoms with Gasteiger partial charge >= 0.3 is 0 Å². The van der Waals surface area contributed by atoms with Gasteiger partial charge in [0.2, 0.25) is 0 Å². The number of rotatable bonds is 4. The standard InChI is InChI=1S/C14H18N4S/c1-9-7-10(2)18-14(17-9)19-12-5-6-13(16-8-12)11(3)15-4/h5-8,11,15H,1-4H3. The zero-order valence-corrected chi connectivity index (χ0v) is 12.5. The van der Waals surface area contributed by atoms with Gasteiger partial charge in [-0.2, -0.15) is 0 Å². The highest BCUT2D eigenvalue weighted by molar-refractivity contribution is 7.99. The molecule has 0 aliphatic carbocycles. The van der Waals surface area contributed by atoms with E-state index in [-0.39, 0.29) is 6.04 Å². The third-order valence-corrected chi connectivity index (χ3v) is 3.65. The molecule has 2 rings (SSSR count). The Kier molecular flexibility index (Phi) is 4.50. The first kappa shape index (κ1) is 14.0. The van der Waals surface area contributed by atoms with Crippen molar-refractivity contribution >= 4 is 11.8 Å². The summed E-state index contributed by atoms with van der Waals surface area (Å²) in [4.78, 5) is 14.3. The Balaban J connectivity index is 2.15. The first-order chi connectivity index (χ1) is 9.08. The van der Waals surface area contributed by atoms with Crippen LogP contribution in [0.3, 0.4) is 0 Å². The van der Waals surface area contributed by atoms with E-state index in [1.165, 1.54) is 11.8 Å². The SMILES string of the molecule is CNC(C)c1ccc(Sc2nc(C)cc(C)n2)cn1. The van der Waals surface area contributed by atoms with Gasteiger partial charge in [-0.05, 0) is 57.8 Å². The van der Waals surface area contributed by atoms with Crippen LogP contribution in [0.5, 0.6) is 0 Å². The van der Waals surface area contributed by atoms with Gasteiger partial charge < -0.3 is 5.32 Å². The smallest absolute Gasteiger partial charge is 0.192 e. The van der Waals surface area contributed by atoms with Crippen molar-refractivity contribution in [2.75, 3.05) is 7.05 Å². The first-order valence-electron chi connectivity index (χ1n) is 6.22. The van der Waals surface area contributed by atoms with Crippen molar-refractivity contribution in [2.45, 2.75) is 36.9 Å². The van der Waals surface area contributed by atoms with Crippen LogP contribution in [0.15, 0.2) is 34.4 Å². The lowest BCUT2D eigenvalue weighted by atomic mass is 10.2. The highest BCUT2D eigenvalue weighted by Crippen LogP contribution is 2.25. The quantitative estimate of drug-likeness (QED) is 0.869. The lowest BCUT2D eigenvalue weighted by Gasteiger charge is -2.09. The summed E-state index contributed by atoms with van der Waals surface area (Å²) in [7, 11) is 1.93. The summed E-state index contributed by atoms with van der Waals surface area (Å²) < 4.78 is 0. The monoisotopic (exact) mass is 274 g/mol. The largest absolute Gasteiger partial charge is 0.312 e. The van der Waals surface area contributed by atoms with Crippen molar-refractivity contribution in [3.05, 3.63) is 41.5 Å². The number of nitrogens with zero attached hydrogens (tertiary/aromatic N) is 3. The minimum atomic E-state index is 0.261. The minimum Gasteiger partial charge on any atom is -0.312 e. The van der Waals surface area contributed by atoms with E-state index in [4.69, 9.17) is 0 Å². The van der Waals surface area contributed by atoms with Gasteiger partial charge in [-0.1, -0.05) is 0 Å². The molecule has 4 nitrogen and oxygen atoms in total. The molecule has 1 N–H and O–H groups in total. The number of aryl methyl sites for hydroxylation is 2. The second-order valence-corrected chi connectivity index (χ2v) is 5.51. The van der Waals surface area contributed by atoms with E-state index in [1.54, 1.807) is 0 Å². The van der Waals surface area contributed by atoms with E-state index in [9.17, 15) is 0 Å². The van der Waals surface area contributed by atoms with E-state index >= 15 is 0 Å². The summed E-state index contributed by atoms with van der Waals surface area (Å²) in [5.74, 6) is 0. The van der Waals surface area contributed by atoms with E-state index in [1.807, 2.05) is 39.2 Å².